The molecule has 0 saturated heterocycles. The second-order valence-corrected chi connectivity index (χ2v) is 21.8. The normalized spacial score (nSPS) is 12.5. The number of amides is 1. The third-order valence-corrected chi connectivity index (χ3v) is 14.9. The number of aliphatic hydroxyl groups is 2. The summed E-state index contributed by atoms with van der Waals surface area (Å²) in [7, 11) is 0. The molecule has 0 aliphatic rings. The van der Waals surface area contributed by atoms with Crippen molar-refractivity contribution in [3.8, 4) is 0 Å². The summed E-state index contributed by atoms with van der Waals surface area (Å²) >= 11 is 0. The van der Waals surface area contributed by atoms with Crippen molar-refractivity contribution in [3.05, 3.63) is 0 Å². The Bertz CT molecular complexity index is 975. The third kappa shape index (κ3) is 54.2. The van der Waals surface area contributed by atoms with Crippen LogP contribution >= 0.6 is 0 Å². The summed E-state index contributed by atoms with van der Waals surface area (Å²) in [5.74, 6) is -0.0122. The van der Waals surface area contributed by atoms with Gasteiger partial charge < -0.3 is 20.3 Å². The summed E-state index contributed by atoms with van der Waals surface area (Å²) in [6.45, 7) is 4.98. The molecule has 0 aromatic heterocycles. The van der Waals surface area contributed by atoms with Crippen molar-refractivity contribution < 1.29 is 24.5 Å². The van der Waals surface area contributed by atoms with E-state index in [1.807, 2.05) is 0 Å². The SMILES string of the molecule is CCCCCCCCCCCCCCCC(=O)OCCCCCCCCCCCCCCCCCCCCCCCCCCCC(=O)NC(CO)C(O)CCCCCCCCCCCCCCC. The minimum absolute atomic E-state index is 0.0188. The molecule has 6 nitrogen and oxygen atoms in total. The van der Waals surface area contributed by atoms with Crippen molar-refractivity contribution in [1.29, 1.82) is 0 Å². The molecule has 0 bridgehead atoms. The van der Waals surface area contributed by atoms with Gasteiger partial charge in [-0.25, -0.2) is 0 Å². The number of aliphatic hydroxyl groups excluding tert-OH is 2. The fourth-order valence-corrected chi connectivity index (χ4v) is 10.1. The van der Waals surface area contributed by atoms with Crippen molar-refractivity contribution in [3.63, 3.8) is 0 Å². The quantitative estimate of drug-likeness (QED) is 0.0417. The van der Waals surface area contributed by atoms with Crippen molar-refractivity contribution >= 4 is 11.9 Å². The van der Waals surface area contributed by atoms with Gasteiger partial charge in [-0.05, 0) is 25.7 Å². The van der Waals surface area contributed by atoms with E-state index >= 15 is 0 Å². The van der Waals surface area contributed by atoms with Crippen LogP contribution in [0.5, 0.6) is 0 Å². The van der Waals surface area contributed by atoms with Gasteiger partial charge in [0.2, 0.25) is 5.91 Å². The largest absolute Gasteiger partial charge is 0.466 e. The number of nitrogens with one attached hydrogen (secondary N) is 1. The predicted molar refractivity (Wildman–Crippen MR) is 297 cm³/mol. The second-order valence-electron chi connectivity index (χ2n) is 21.8. The summed E-state index contributed by atoms with van der Waals surface area (Å²) in [5.41, 5.74) is 0. The van der Waals surface area contributed by atoms with Gasteiger partial charge in [0, 0.05) is 12.8 Å². The number of unbranched alkanes of at least 4 members (excludes halogenated alkanes) is 48. The molecule has 0 spiro atoms. The van der Waals surface area contributed by atoms with Crippen LogP contribution in [-0.4, -0.2) is 47.4 Å². The Kier molecular flexibility index (Phi) is 57.5. The maximum atomic E-state index is 12.5. The predicted octanol–water partition coefficient (Wildman–Crippen LogP) is 19.5. The average molecular weight is 963 g/mol. The molecule has 68 heavy (non-hydrogen) atoms. The van der Waals surface area contributed by atoms with E-state index < -0.39 is 12.1 Å². The monoisotopic (exact) mass is 962 g/mol. The highest BCUT2D eigenvalue weighted by atomic mass is 16.5. The molecule has 0 aliphatic carbocycles. The summed E-state index contributed by atoms with van der Waals surface area (Å²) < 4.78 is 5.48. The van der Waals surface area contributed by atoms with Crippen LogP contribution in [-0.2, 0) is 14.3 Å². The molecule has 0 fully saturated rings. The summed E-state index contributed by atoms with van der Waals surface area (Å²) in [6, 6.07) is -0.538. The van der Waals surface area contributed by atoms with Gasteiger partial charge in [0.1, 0.15) is 0 Å². The smallest absolute Gasteiger partial charge is 0.305 e. The zero-order chi connectivity index (χ0) is 49.3. The highest BCUT2D eigenvalue weighted by Gasteiger charge is 2.20. The topological polar surface area (TPSA) is 95.9 Å². The lowest BCUT2D eigenvalue weighted by Gasteiger charge is -2.22. The first-order valence-electron chi connectivity index (χ1n) is 31.3. The van der Waals surface area contributed by atoms with Crippen LogP contribution in [0.1, 0.15) is 361 Å². The fraction of sp³-hybridized carbons (Fsp3) is 0.968. The number of hydrogen-bond donors (Lipinski definition) is 3. The van der Waals surface area contributed by atoms with Crippen LogP contribution < -0.4 is 5.32 Å². The molecule has 3 N–H and O–H groups in total. The van der Waals surface area contributed by atoms with Crippen LogP contribution in [0.15, 0.2) is 0 Å². The minimum atomic E-state index is -0.661. The summed E-state index contributed by atoms with van der Waals surface area (Å²) in [6.07, 6.45) is 68.3. The Balaban J connectivity index is 3.33. The molecule has 6 heteroatoms. The van der Waals surface area contributed by atoms with Gasteiger partial charge in [-0.3, -0.25) is 9.59 Å². The number of carbonyl (C=O) groups excluding carboxylic acids is 2. The third-order valence-electron chi connectivity index (χ3n) is 14.9. The van der Waals surface area contributed by atoms with Crippen LogP contribution in [0, 0.1) is 0 Å². The number of esters is 1. The van der Waals surface area contributed by atoms with E-state index in [4.69, 9.17) is 4.74 Å². The Labute approximate surface area is 426 Å². The number of rotatable bonds is 59. The van der Waals surface area contributed by atoms with E-state index in [0.29, 0.717) is 25.9 Å². The second kappa shape index (κ2) is 58.4. The standard InChI is InChI=1S/C62H123NO5/c1-3-5-7-9-11-13-15-30-34-38-42-46-50-54-60(65)59(58-64)63-61(66)55-51-47-43-39-35-32-28-26-24-22-20-18-17-19-21-23-25-27-29-33-37-41-45-49-53-57-68-62(67)56-52-48-44-40-36-31-16-14-12-10-8-6-4-2/h59-60,64-65H,3-58H2,1-2H3,(H,63,66). The molecular weight excluding hydrogens is 839 g/mol. The van der Waals surface area contributed by atoms with Crippen LogP contribution in [0.3, 0.4) is 0 Å². The lowest BCUT2D eigenvalue weighted by Crippen LogP contribution is -2.45. The molecule has 2 unspecified atom stereocenters. The first kappa shape index (κ1) is 66.9. The van der Waals surface area contributed by atoms with E-state index in [-0.39, 0.29) is 18.5 Å². The maximum Gasteiger partial charge on any atom is 0.305 e. The van der Waals surface area contributed by atoms with Gasteiger partial charge >= 0.3 is 5.97 Å². The molecule has 0 radical (unpaired) electrons. The van der Waals surface area contributed by atoms with E-state index in [9.17, 15) is 19.8 Å². The molecule has 2 atom stereocenters. The first-order chi connectivity index (χ1) is 33.5. The molecule has 0 saturated carbocycles. The molecule has 0 heterocycles. The van der Waals surface area contributed by atoms with Crippen molar-refractivity contribution in [1.82, 2.24) is 5.32 Å². The lowest BCUT2D eigenvalue weighted by atomic mass is 10.0. The molecule has 0 aromatic carbocycles. The zero-order valence-electron chi connectivity index (χ0n) is 46.4. The van der Waals surface area contributed by atoms with Gasteiger partial charge in [-0.2, -0.15) is 0 Å². The lowest BCUT2D eigenvalue weighted by molar-refractivity contribution is -0.143. The minimum Gasteiger partial charge on any atom is -0.466 e. The van der Waals surface area contributed by atoms with Crippen LogP contribution in [0.25, 0.3) is 0 Å². The molecular formula is C62H123NO5. The fourth-order valence-electron chi connectivity index (χ4n) is 10.1. The van der Waals surface area contributed by atoms with E-state index in [1.165, 1.54) is 289 Å². The molecule has 1 amide bonds. The van der Waals surface area contributed by atoms with Crippen molar-refractivity contribution in [2.24, 2.45) is 0 Å². The van der Waals surface area contributed by atoms with E-state index in [1.54, 1.807) is 0 Å². The Hall–Kier alpha value is -1.14. The van der Waals surface area contributed by atoms with Gasteiger partial charge in [-0.1, -0.05) is 322 Å². The van der Waals surface area contributed by atoms with Gasteiger partial charge in [0.25, 0.3) is 0 Å². The van der Waals surface area contributed by atoms with Crippen molar-refractivity contribution in [2.45, 2.75) is 373 Å². The molecule has 406 valence electrons. The Morgan fingerprint density at radius 1 is 0.353 bits per heavy atom. The highest BCUT2D eigenvalue weighted by Crippen LogP contribution is 2.19. The van der Waals surface area contributed by atoms with E-state index in [2.05, 4.69) is 19.2 Å². The molecule has 0 rings (SSSR count). The Morgan fingerprint density at radius 3 is 0.897 bits per heavy atom. The average Bonchev–Trinajstić information content (AvgIpc) is 3.34. The molecule has 0 aliphatic heterocycles. The molecule has 0 aromatic rings. The number of ether oxygens (including phenoxy) is 1. The van der Waals surface area contributed by atoms with Gasteiger partial charge in [-0.15, -0.1) is 0 Å². The van der Waals surface area contributed by atoms with Crippen LogP contribution in [0.4, 0.5) is 0 Å². The Morgan fingerprint density at radius 2 is 0.603 bits per heavy atom. The maximum absolute atomic E-state index is 12.5. The van der Waals surface area contributed by atoms with Gasteiger partial charge in [0.15, 0.2) is 0 Å². The summed E-state index contributed by atoms with van der Waals surface area (Å²) in [5, 5.41) is 23.3. The van der Waals surface area contributed by atoms with Gasteiger partial charge in [0.05, 0.1) is 25.4 Å². The zero-order valence-corrected chi connectivity index (χ0v) is 46.4. The number of hydrogen-bond acceptors (Lipinski definition) is 5. The summed E-state index contributed by atoms with van der Waals surface area (Å²) in [4.78, 5) is 24.5. The van der Waals surface area contributed by atoms with Crippen LogP contribution in [0.2, 0.25) is 0 Å². The first-order valence-corrected chi connectivity index (χ1v) is 31.3. The highest BCUT2D eigenvalue weighted by molar-refractivity contribution is 5.76. The van der Waals surface area contributed by atoms with Crippen molar-refractivity contribution in [2.75, 3.05) is 13.2 Å². The number of carbonyl (C=O) groups is 2. The van der Waals surface area contributed by atoms with E-state index in [0.717, 1.165) is 38.5 Å².